The first kappa shape index (κ1) is 18.8. The summed E-state index contributed by atoms with van der Waals surface area (Å²) < 4.78 is 30.0. The maximum Gasteiger partial charge on any atom is 0.176 e. The fourth-order valence-electron chi connectivity index (χ4n) is 4.03. The Bertz CT molecular complexity index is 1190. The lowest BCUT2D eigenvalue weighted by molar-refractivity contribution is 0.488. The third kappa shape index (κ3) is 3.39. The quantitative estimate of drug-likeness (QED) is 0.408. The average Bonchev–Trinajstić information content (AvgIpc) is 3.29. The highest BCUT2D eigenvalue weighted by Gasteiger charge is 2.24. The number of anilines is 2. The molecule has 0 spiro atoms. The number of fused-ring (bicyclic) bond motifs is 2. The number of thiazole rings is 1. The number of halogens is 2. The summed E-state index contributed by atoms with van der Waals surface area (Å²) in [5.41, 5.74) is 2.19. The van der Waals surface area contributed by atoms with Crippen molar-refractivity contribution >= 4 is 54.5 Å². The van der Waals surface area contributed by atoms with E-state index in [9.17, 15) is 8.78 Å². The van der Waals surface area contributed by atoms with Gasteiger partial charge in [0.25, 0.3) is 0 Å². The zero-order valence-corrected chi connectivity index (χ0v) is 17.5. The molecule has 2 N–H and O–H groups in total. The van der Waals surface area contributed by atoms with Crippen LogP contribution in [-0.2, 0) is 0 Å². The minimum Gasteiger partial charge on any atom is -0.350 e. The molecule has 3 aromatic heterocycles. The van der Waals surface area contributed by atoms with Gasteiger partial charge in [-0.3, -0.25) is 0 Å². The maximum absolute atomic E-state index is 14.9. The third-order valence-electron chi connectivity index (χ3n) is 5.61. The number of nitrogens with zero attached hydrogens (tertiary/aromatic N) is 2. The van der Waals surface area contributed by atoms with E-state index >= 15 is 0 Å². The summed E-state index contributed by atoms with van der Waals surface area (Å²) >= 11 is 2.89. The topological polar surface area (TPSA) is 49.8 Å². The summed E-state index contributed by atoms with van der Waals surface area (Å²) in [4.78, 5) is 10.7. The molecular formula is C21H20F2N4S2. The number of hydrogen-bond acceptors (Lipinski definition) is 6. The predicted octanol–water partition coefficient (Wildman–Crippen LogP) is 6.17. The molecule has 0 unspecified atom stereocenters. The molecule has 1 aromatic carbocycles. The normalized spacial score (nSPS) is 20.2. The summed E-state index contributed by atoms with van der Waals surface area (Å²) in [7, 11) is 0. The molecule has 0 bridgehead atoms. The van der Waals surface area contributed by atoms with Crippen molar-refractivity contribution in [2.45, 2.75) is 38.1 Å². The molecule has 4 nitrogen and oxygen atoms in total. The van der Waals surface area contributed by atoms with Gasteiger partial charge in [0.15, 0.2) is 11.6 Å². The van der Waals surface area contributed by atoms with Crippen LogP contribution in [0.25, 0.3) is 20.4 Å². The third-order valence-corrected chi connectivity index (χ3v) is 7.56. The summed E-state index contributed by atoms with van der Waals surface area (Å²) in [6, 6.07) is 5.61. The van der Waals surface area contributed by atoms with E-state index in [4.69, 9.17) is 0 Å². The standard InChI is InChI=1S/C21H20F2N4S2/c1-11-12(4-2-3-6-24-11)16-8-13-15(5-7-25-21(13)29-16)27-19-14(22)9-17-20(18(19)23)26-10-28-17/h5,7-12,24H,2-4,6H2,1H3,(H,25,27)/t11-,12-/m1/s1. The van der Waals surface area contributed by atoms with Crippen molar-refractivity contribution in [2.24, 2.45) is 0 Å². The molecule has 0 radical (unpaired) electrons. The second-order valence-corrected chi connectivity index (χ2v) is 9.39. The van der Waals surface area contributed by atoms with Gasteiger partial charge in [-0.2, -0.15) is 0 Å². The van der Waals surface area contributed by atoms with Gasteiger partial charge < -0.3 is 10.6 Å². The van der Waals surface area contributed by atoms with E-state index in [1.165, 1.54) is 40.6 Å². The average molecular weight is 431 g/mol. The first-order chi connectivity index (χ1) is 14.1. The Morgan fingerprint density at radius 1 is 1.21 bits per heavy atom. The summed E-state index contributed by atoms with van der Waals surface area (Å²) in [6.07, 6.45) is 5.19. The van der Waals surface area contributed by atoms with Crippen LogP contribution in [0.3, 0.4) is 0 Å². The summed E-state index contributed by atoms with van der Waals surface area (Å²) in [6.45, 7) is 3.27. The Labute approximate surface area is 175 Å². The van der Waals surface area contributed by atoms with Crippen LogP contribution in [0.5, 0.6) is 0 Å². The van der Waals surface area contributed by atoms with Crippen molar-refractivity contribution in [2.75, 3.05) is 11.9 Å². The molecule has 1 saturated heterocycles. The van der Waals surface area contributed by atoms with Crippen LogP contribution in [0.15, 0.2) is 29.9 Å². The smallest absolute Gasteiger partial charge is 0.176 e. The Balaban J connectivity index is 1.55. The number of aromatic nitrogens is 2. The SMILES string of the molecule is C[C@H]1NCCCC[C@H]1c1cc2c(Nc3c(F)cc4scnc4c3F)ccnc2s1. The highest BCUT2D eigenvalue weighted by atomic mass is 32.1. The molecule has 8 heteroatoms. The maximum atomic E-state index is 14.9. The molecule has 1 aliphatic heterocycles. The minimum absolute atomic E-state index is 0.173. The van der Waals surface area contributed by atoms with Gasteiger partial charge in [0.1, 0.15) is 16.0 Å². The Morgan fingerprint density at radius 3 is 3.00 bits per heavy atom. The largest absolute Gasteiger partial charge is 0.350 e. The molecule has 2 atom stereocenters. The minimum atomic E-state index is -0.664. The first-order valence-electron chi connectivity index (χ1n) is 9.72. The summed E-state index contributed by atoms with van der Waals surface area (Å²) in [5.74, 6) is -0.867. The van der Waals surface area contributed by atoms with Crippen molar-refractivity contribution in [3.63, 3.8) is 0 Å². The van der Waals surface area contributed by atoms with Crippen molar-refractivity contribution in [3.05, 3.63) is 46.4 Å². The van der Waals surface area contributed by atoms with Crippen molar-refractivity contribution in [1.82, 2.24) is 15.3 Å². The lowest BCUT2D eigenvalue weighted by Crippen LogP contribution is -2.30. The highest BCUT2D eigenvalue weighted by molar-refractivity contribution is 7.18. The van der Waals surface area contributed by atoms with Crippen LogP contribution in [0.1, 0.15) is 37.0 Å². The van der Waals surface area contributed by atoms with Gasteiger partial charge >= 0.3 is 0 Å². The zero-order chi connectivity index (χ0) is 20.0. The van der Waals surface area contributed by atoms with Gasteiger partial charge in [-0.15, -0.1) is 22.7 Å². The molecule has 0 amide bonds. The predicted molar refractivity (Wildman–Crippen MR) is 116 cm³/mol. The van der Waals surface area contributed by atoms with E-state index in [2.05, 4.69) is 33.6 Å². The number of thiophene rings is 1. The van der Waals surface area contributed by atoms with E-state index in [1.54, 1.807) is 23.6 Å². The number of pyridine rings is 1. The fraction of sp³-hybridized carbons (Fsp3) is 0.333. The number of hydrogen-bond donors (Lipinski definition) is 2. The molecule has 1 fully saturated rings. The van der Waals surface area contributed by atoms with Gasteiger partial charge in [-0.05, 0) is 44.5 Å². The van der Waals surface area contributed by atoms with Crippen LogP contribution in [0, 0.1) is 11.6 Å². The van der Waals surface area contributed by atoms with Crippen LogP contribution in [-0.4, -0.2) is 22.6 Å². The molecular weight excluding hydrogens is 410 g/mol. The number of nitrogens with one attached hydrogen (secondary N) is 2. The first-order valence-corrected chi connectivity index (χ1v) is 11.4. The molecule has 1 aliphatic rings. The van der Waals surface area contributed by atoms with Gasteiger partial charge in [-0.1, -0.05) is 6.42 Å². The Morgan fingerprint density at radius 2 is 2.10 bits per heavy atom. The van der Waals surface area contributed by atoms with Gasteiger partial charge in [0, 0.05) is 28.4 Å². The molecule has 5 rings (SSSR count). The molecule has 29 heavy (non-hydrogen) atoms. The van der Waals surface area contributed by atoms with Gasteiger partial charge in [0.05, 0.1) is 15.9 Å². The lowest BCUT2D eigenvalue weighted by atomic mass is 9.94. The molecule has 4 aromatic rings. The molecule has 150 valence electrons. The molecule has 0 aliphatic carbocycles. The lowest BCUT2D eigenvalue weighted by Gasteiger charge is -2.20. The zero-order valence-electron chi connectivity index (χ0n) is 15.8. The Hall–Kier alpha value is -2.16. The second-order valence-electron chi connectivity index (χ2n) is 7.44. The van der Waals surface area contributed by atoms with Crippen molar-refractivity contribution in [3.8, 4) is 0 Å². The van der Waals surface area contributed by atoms with Gasteiger partial charge in [-0.25, -0.2) is 18.7 Å². The van der Waals surface area contributed by atoms with E-state index in [-0.39, 0.29) is 11.2 Å². The molecule has 4 heterocycles. The monoisotopic (exact) mass is 430 g/mol. The second kappa shape index (κ2) is 7.59. The molecule has 0 saturated carbocycles. The highest BCUT2D eigenvalue weighted by Crippen LogP contribution is 2.39. The fourth-order valence-corrected chi connectivity index (χ4v) is 5.99. The van der Waals surface area contributed by atoms with Crippen molar-refractivity contribution in [1.29, 1.82) is 0 Å². The summed E-state index contributed by atoms with van der Waals surface area (Å²) in [5, 5.41) is 7.45. The van der Waals surface area contributed by atoms with Crippen LogP contribution in [0.4, 0.5) is 20.2 Å². The van der Waals surface area contributed by atoms with Crippen LogP contribution < -0.4 is 10.6 Å². The van der Waals surface area contributed by atoms with Gasteiger partial charge in [0.2, 0.25) is 0 Å². The van der Waals surface area contributed by atoms with E-state index in [1.807, 2.05) is 0 Å². The Kier molecular flexibility index (Phi) is 4.93. The number of benzene rings is 1. The van der Waals surface area contributed by atoms with Crippen molar-refractivity contribution < 1.29 is 8.78 Å². The van der Waals surface area contributed by atoms with E-state index < -0.39 is 11.6 Å². The van der Waals surface area contributed by atoms with E-state index in [0.29, 0.717) is 22.3 Å². The van der Waals surface area contributed by atoms with Crippen LogP contribution in [0.2, 0.25) is 0 Å². The number of rotatable bonds is 3. The van der Waals surface area contributed by atoms with E-state index in [0.717, 1.165) is 23.2 Å². The van der Waals surface area contributed by atoms with Crippen LogP contribution >= 0.6 is 22.7 Å².